The zero-order valence-electron chi connectivity index (χ0n) is 11.0. The first-order valence-electron chi connectivity index (χ1n) is 5.81. The molecule has 0 aliphatic heterocycles. The summed E-state index contributed by atoms with van der Waals surface area (Å²) < 4.78 is 5.47. The van der Waals surface area contributed by atoms with E-state index in [1.165, 1.54) is 12.1 Å². The van der Waals surface area contributed by atoms with E-state index in [4.69, 9.17) is 10.00 Å². The maximum absolute atomic E-state index is 11.0. The number of nitriles is 1. The molecule has 1 aromatic heterocycles. The van der Waals surface area contributed by atoms with Gasteiger partial charge in [-0.05, 0) is 31.5 Å². The first-order chi connectivity index (χ1) is 9.49. The molecule has 6 heteroatoms. The Morgan fingerprint density at radius 1 is 1.30 bits per heavy atom. The third kappa shape index (κ3) is 2.90. The summed E-state index contributed by atoms with van der Waals surface area (Å²) in [7, 11) is 0. The standard InChI is InChI=1S/C14H11N3O3/c1-9-3-4-12(17(18)19)13(5-9)20-14-7-11(8-15)6-10(2)16-14/h3-7H,1-2H3. The Morgan fingerprint density at radius 2 is 2.05 bits per heavy atom. The number of pyridine rings is 1. The predicted octanol–water partition coefficient (Wildman–Crippen LogP) is 3.27. The van der Waals surface area contributed by atoms with E-state index in [9.17, 15) is 10.1 Å². The van der Waals surface area contributed by atoms with E-state index in [-0.39, 0.29) is 17.3 Å². The molecule has 100 valence electrons. The lowest BCUT2D eigenvalue weighted by Gasteiger charge is -2.07. The maximum Gasteiger partial charge on any atom is 0.311 e. The van der Waals surface area contributed by atoms with Gasteiger partial charge in [-0.1, -0.05) is 6.07 Å². The van der Waals surface area contributed by atoms with Crippen LogP contribution in [0.25, 0.3) is 0 Å². The summed E-state index contributed by atoms with van der Waals surface area (Å²) in [6.45, 7) is 3.53. The molecule has 0 spiro atoms. The molecule has 2 aromatic rings. The molecule has 6 nitrogen and oxygen atoms in total. The molecule has 1 aromatic carbocycles. The summed E-state index contributed by atoms with van der Waals surface area (Å²) in [4.78, 5) is 14.6. The van der Waals surface area contributed by atoms with Crippen LogP contribution in [0.2, 0.25) is 0 Å². The fraction of sp³-hybridized carbons (Fsp3) is 0.143. The van der Waals surface area contributed by atoms with Gasteiger partial charge >= 0.3 is 5.69 Å². The molecular weight excluding hydrogens is 258 g/mol. The van der Waals surface area contributed by atoms with Crippen LogP contribution in [0.15, 0.2) is 30.3 Å². The van der Waals surface area contributed by atoms with Gasteiger partial charge in [-0.2, -0.15) is 5.26 Å². The average molecular weight is 269 g/mol. The zero-order chi connectivity index (χ0) is 14.7. The van der Waals surface area contributed by atoms with E-state index in [1.807, 2.05) is 6.07 Å². The summed E-state index contributed by atoms with van der Waals surface area (Å²) in [5, 5.41) is 19.9. The minimum Gasteiger partial charge on any atom is -0.432 e. The lowest BCUT2D eigenvalue weighted by Crippen LogP contribution is -1.96. The van der Waals surface area contributed by atoms with Crippen LogP contribution < -0.4 is 4.74 Å². The predicted molar refractivity (Wildman–Crippen MR) is 71.6 cm³/mol. The normalized spacial score (nSPS) is 9.85. The number of nitro groups is 1. The molecule has 0 N–H and O–H groups in total. The molecule has 0 bridgehead atoms. The van der Waals surface area contributed by atoms with Crippen molar-refractivity contribution in [1.29, 1.82) is 5.26 Å². The summed E-state index contributed by atoms with van der Waals surface area (Å²) in [5.74, 6) is 0.271. The van der Waals surface area contributed by atoms with E-state index in [2.05, 4.69) is 4.98 Å². The third-order valence-corrected chi connectivity index (χ3v) is 2.59. The summed E-state index contributed by atoms with van der Waals surface area (Å²) in [6.07, 6.45) is 0. The third-order valence-electron chi connectivity index (χ3n) is 2.59. The molecule has 0 amide bonds. The van der Waals surface area contributed by atoms with Gasteiger partial charge in [0.1, 0.15) is 0 Å². The Morgan fingerprint density at radius 3 is 2.70 bits per heavy atom. The highest BCUT2D eigenvalue weighted by molar-refractivity contribution is 5.50. The van der Waals surface area contributed by atoms with E-state index >= 15 is 0 Å². The first-order valence-corrected chi connectivity index (χ1v) is 5.81. The van der Waals surface area contributed by atoms with Gasteiger partial charge in [-0.3, -0.25) is 10.1 Å². The van der Waals surface area contributed by atoms with Crippen molar-refractivity contribution < 1.29 is 9.66 Å². The van der Waals surface area contributed by atoms with Crippen molar-refractivity contribution in [2.45, 2.75) is 13.8 Å². The van der Waals surface area contributed by atoms with E-state index in [0.717, 1.165) is 5.56 Å². The van der Waals surface area contributed by atoms with E-state index < -0.39 is 4.92 Å². The van der Waals surface area contributed by atoms with Gasteiger partial charge in [0.25, 0.3) is 0 Å². The van der Waals surface area contributed by atoms with Crippen molar-refractivity contribution >= 4 is 5.69 Å². The van der Waals surface area contributed by atoms with Crippen molar-refractivity contribution in [1.82, 2.24) is 4.98 Å². The number of aromatic nitrogens is 1. The van der Waals surface area contributed by atoms with Gasteiger partial charge in [-0.25, -0.2) is 4.98 Å². The van der Waals surface area contributed by atoms with Crippen LogP contribution in [0.3, 0.4) is 0 Å². The topological polar surface area (TPSA) is 89.0 Å². The van der Waals surface area contributed by atoms with Crippen LogP contribution in [0.4, 0.5) is 5.69 Å². The van der Waals surface area contributed by atoms with Gasteiger partial charge in [0.05, 0.1) is 16.6 Å². The van der Waals surface area contributed by atoms with Crippen molar-refractivity contribution in [3.8, 4) is 17.7 Å². The molecule has 0 atom stereocenters. The molecule has 0 fully saturated rings. The van der Waals surface area contributed by atoms with Gasteiger partial charge in [0, 0.05) is 17.8 Å². The monoisotopic (exact) mass is 269 g/mol. The highest BCUT2D eigenvalue weighted by Crippen LogP contribution is 2.31. The van der Waals surface area contributed by atoms with Crippen LogP contribution in [0, 0.1) is 35.3 Å². The van der Waals surface area contributed by atoms with Crippen molar-refractivity contribution in [3.05, 3.63) is 57.3 Å². The largest absolute Gasteiger partial charge is 0.432 e. The van der Waals surface area contributed by atoms with Crippen LogP contribution in [0.5, 0.6) is 11.6 Å². The highest BCUT2D eigenvalue weighted by atomic mass is 16.6. The molecule has 2 rings (SSSR count). The zero-order valence-corrected chi connectivity index (χ0v) is 11.0. The number of ether oxygens (including phenoxy) is 1. The molecule has 20 heavy (non-hydrogen) atoms. The van der Waals surface area contributed by atoms with E-state index in [0.29, 0.717) is 11.3 Å². The van der Waals surface area contributed by atoms with Crippen LogP contribution in [-0.4, -0.2) is 9.91 Å². The SMILES string of the molecule is Cc1ccc([N+](=O)[O-])c(Oc2cc(C#N)cc(C)n2)c1. The molecule has 0 aliphatic carbocycles. The second-order valence-corrected chi connectivity index (χ2v) is 4.28. The van der Waals surface area contributed by atoms with Crippen LogP contribution in [0.1, 0.15) is 16.8 Å². The minimum atomic E-state index is -0.518. The number of benzene rings is 1. The Bertz CT molecular complexity index is 720. The quantitative estimate of drug-likeness (QED) is 0.630. The molecule has 1 heterocycles. The van der Waals surface area contributed by atoms with Crippen molar-refractivity contribution in [3.63, 3.8) is 0 Å². The number of aryl methyl sites for hydroxylation is 2. The fourth-order valence-electron chi connectivity index (χ4n) is 1.72. The Kier molecular flexibility index (Phi) is 3.62. The second-order valence-electron chi connectivity index (χ2n) is 4.28. The first kappa shape index (κ1) is 13.5. The number of nitro benzene ring substituents is 1. The number of rotatable bonds is 3. The van der Waals surface area contributed by atoms with Gasteiger partial charge in [-0.15, -0.1) is 0 Å². The summed E-state index contributed by atoms with van der Waals surface area (Å²) in [5.41, 5.74) is 1.69. The summed E-state index contributed by atoms with van der Waals surface area (Å²) >= 11 is 0. The minimum absolute atomic E-state index is 0.108. The van der Waals surface area contributed by atoms with E-state index in [1.54, 1.807) is 32.0 Å². The van der Waals surface area contributed by atoms with Crippen LogP contribution in [-0.2, 0) is 0 Å². The lowest BCUT2D eigenvalue weighted by atomic mass is 10.2. The molecular formula is C14H11N3O3. The molecule has 0 unspecified atom stereocenters. The molecule has 0 radical (unpaired) electrons. The second kappa shape index (κ2) is 5.36. The number of nitrogens with zero attached hydrogens (tertiary/aromatic N) is 3. The van der Waals surface area contributed by atoms with Crippen molar-refractivity contribution in [2.75, 3.05) is 0 Å². The number of hydrogen-bond acceptors (Lipinski definition) is 5. The Balaban J connectivity index is 2.44. The highest BCUT2D eigenvalue weighted by Gasteiger charge is 2.16. The average Bonchev–Trinajstić information content (AvgIpc) is 2.37. The smallest absolute Gasteiger partial charge is 0.311 e. The van der Waals surface area contributed by atoms with Gasteiger partial charge < -0.3 is 4.74 Å². The number of hydrogen-bond donors (Lipinski definition) is 0. The Labute approximate surface area is 115 Å². The fourth-order valence-corrected chi connectivity index (χ4v) is 1.72. The Hall–Kier alpha value is -2.94. The maximum atomic E-state index is 11.0. The molecule has 0 saturated heterocycles. The summed E-state index contributed by atoms with van der Waals surface area (Å²) in [6, 6.07) is 9.62. The van der Waals surface area contributed by atoms with Crippen LogP contribution >= 0.6 is 0 Å². The molecule has 0 saturated carbocycles. The lowest BCUT2D eigenvalue weighted by molar-refractivity contribution is -0.385. The van der Waals surface area contributed by atoms with Gasteiger partial charge in [0.15, 0.2) is 0 Å². The van der Waals surface area contributed by atoms with Gasteiger partial charge in [0.2, 0.25) is 11.6 Å². The molecule has 0 aliphatic rings. The van der Waals surface area contributed by atoms with Crippen molar-refractivity contribution in [2.24, 2.45) is 0 Å².